The summed E-state index contributed by atoms with van der Waals surface area (Å²) in [7, 11) is 0. The Morgan fingerprint density at radius 3 is 2.73 bits per heavy atom. The molecular formula is C18H27F4N7O. The molecule has 4 aliphatic rings. The Morgan fingerprint density at radius 1 is 1.20 bits per heavy atom. The number of piperidine rings is 1. The SMILES string of the molecule is N#CC1C(=O)NNCC1N1CCC2C(C1)NNN2CC1CCC(F)CC1C(F)(F)F. The van der Waals surface area contributed by atoms with Gasteiger partial charge < -0.3 is 0 Å². The minimum atomic E-state index is -4.40. The third-order valence-corrected chi connectivity index (χ3v) is 6.98. The number of hydrogen-bond donors (Lipinski definition) is 4. The number of hydrogen-bond acceptors (Lipinski definition) is 7. The van der Waals surface area contributed by atoms with Crippen molar-refractivity contribution < 1.29 is 22.4 Å². The predicted octanol–water partition coefficient (Wildman–Crippen LogP) is 0.214. The van der Waals surface area contributed by atoms with E-state index in [-0.39, 0.29) is 43.4 Å². The zero-order valence-electron chi connectivity index (χ0n) is 16.5. The highest BCUT2D eigenvalue weighted by Crippen LogP contribution is 2.43. The first-order valence-electron chi connectivity index (χ1n) is 10.4. The number of rotatable bonds is 3. The molecule has 0 radical (unpaired) electrons. The molecule has 4 rings (SSSR count). The fourth-order valence-corrected chi connectivity index (χ4v) is 5.36. The van der Waals surface area contributed by atoms with E-state index in [1.54, 1.807) is 0 Å². The van der Waals surface area contributed by atoms with E-state index in [4.69, 9.17) is 0 Å². The Kier molecular flexibility index (Phi) is 6.18. The second-order valence-electron chi connectivity index (χ2n) is 8.73. The molecular weight excluding hydrogens is 406 g/mol. The Morgan fingerprint density at radius 2 is 2.00 bits per heavy atom. The van der Waals surface area contributed by atoms with Gasteiger partial charge in [-0.15, -0.1) is 0 Å². The molecule has 12 heteroatoms. The first-order valence-corrected chi connectivity index (χ1v) is 10.4. The molecule has 0 spiro atoms. The van der Waals surface area contributed by atoms with Crippen LogP contribution in [-0.4, -0.2) is 72.5 Å². The number of nitrogens with zero attached hydrogens (tertiary/aromatic N) is 3. The Hall–Kier alpha value is -1.52. The number of amides is 1. The minimum absolute atomic E-state index is 0.00384. The van der Waals surface area contributed by atoms with E-state index in [0.717, 1.165) is 0 Å². The van der Waals surface area contributed by atoms with Crippen molar-refractivity contribution >= 4 is 5.91 Å². The second kappa shape index (κ2) is 8.55. The molecule has 1 aliphatic carbocycles. The summed E-state index contributed by atoms with van der Waals surface area (Å²) in [5, 5.41) is 11.2. The van der Waals surface area contributed by atoms with Crippen LogP contribution in [-0.2, 0) is 4.79 Å². The number of nitriles is 1. The third-order valence-electron chi connectivity index (χ3n) is 6.98. The van der Waals surface area contributed by atoms with Crippen LogP contribution in [0.2, 0.25) is 0 Å². The molecule has 3 heterocycles. The maximum Gasteiger partial charge on any atom is 0.392 e. The molecule has 30 heavy (non-hydrogen) atoms. The van der Waals surface area contributed by atoms with Crippen LogP contribution < -0.4 is 21.8 Å². The highest BCUT2D eigenvalue weighted by atomic mass is 19.4. The summed E-state index contributed by atoms with van der Waals surface area (Å²) in [6.45, 7) is 1.88. The van der Waals surface area contributed by atoms with Gasteiger partial charge in [-0.3, -0.25) is 15.1 Å². The third kappa shape index (κ3) is 4.27. The molecule has 4 N–H and O–H groups in total. The lowest BCUT2D eigenvalue weighted by Crippen LogP contribution is -2.64. The van der Waals surface area contributed by atoms with Crippen LogP contribution >= 0.6 is 0 Å². The standard InChI is InChI=1S/C18H27F4N7O/c19-11-2-1-10(13(5-11)18(20,21)22)8-29-15-3-4-28(9-14(15)25-27-29)16-7-24-26-17(30)12(16)6-23/h10-16,24-25,27H,1-5,7-9H2,(H,26,30). The summed E-state index contributed by atoms with van der Waals surface area (Å²) >= 11 is 0. The lowest BCUT2D eigenvalue weighted by Gasteiger charge is -2.43. The number of carbonyl (C=O) groups is 1. The lowest BCUT2D eigenvalue weighted by atomic mass is 9.77. The molecule has 0 bridgehead atoms. The number of halogens is 4. The quantitative estimate of drug-likeness (QED) is 0.473. The molecule has 0 aromatic heterocycles. The minimum Gasteiger partial charge on any atom is -0.295 e. The fourth-order valence-electron chi connectivity index (χ4n) is 5.36. The normalized spacial score (nSPS) is 41.2. The van der Waals surface area contributed by atoms with Crippen LogP contribution in [0.15, 0.2) is 0 Å². The number of nitrogens with one attached hydrogen (secondary N) is 4. The van der Waals surface area contributed by atoms with Crippen molar-refractivity contribution in [2.24, 2.45) is 17.8 Å². The van der Waals surface area contributed by atoms with Gasteiger partial charge in [0.25, 0.3) is 5.91 Å². The van der Waals surface area contributed by atoms with Gasteiger partial charge in [0.2, 0.25) is 0 Å². The first kappa shape index (κ1) is 21.7. The average molecular weight is 433 g/mol. The number of hydrazine groups is 3. The summed E-state index contributed by atoms with van der Waals surface area (Å²) in [6.07, 6.45) is -5.15. The zero-order chi connectivity index (χ0) is 21.5. The molecule has 4 fully saturated rings. The molecule has 168 valence electrons. The van der Waals surface area contributed by atoms with Gasteiger partial charge in [-0.1, -0.05) is 0 Å². The van der Waals surface area contributed by atoms with E-state index in [1.807, 2.05) is 5.01 Å². The molecule has 0 aromatic carbocycles. The van der Waals surface area contributed by atoms with Crippen LogP contribution in [0.5, 0.6) is 0 Å². The molecule has 1 amide bonds. The van der Waals surface area contributed by atoms with E-state index in [1.165, 1.54) is 0 Å². The van der Waals surface area contributed by atoms with Crippen LogP contribution in [0.1, 0.15) is 25.7 Å². The number of alkyl halides is 4. The van der Waals surface area contributed by atoms with Gasteiger partial charge >= 0.3 is 6.18 Å². The summed E-state index contributed by atoms with van der Waals surface area (Å²) in [6, 6.07) is 1.78. The highest BCUT2D eigenvalue weighted by Gasteiger charge is 2.50. The zero-order valence-corrected chi connectivity index (χ0v) is 16.5. The first-order chi connectivity index (χ1) is 14.3. The van der Waals surface area contributed by atoms with Gasteiger partial charge in [0.1, 0.15) is 12.1 Å². The number of carbonyl (C=O) groups excluding carboxylic acids is 1. The van der Waals surface area contributed by atoms with Crippen LogP contribution in [0, 0.1) is 29.1 Å². The molecule has 8 nitrogen and oxygen atoms in total. The Labute approximate surface area is 172 Å². The van der Waals surface area contributed by atoms with E-state index >= 15 is 0 Å². The molecule has 3 saturated heterocycles. The van der Waals surface area contributed by atoms with Crippen LogP contribution in [0.3, 0.4) is 0 Å². The van der Waals surface area contributed by atoms with Crippen LogP contribution in [0.25, 0.3) is 0 Å². The number of fused-ring (bicyclic) bond motifs is 1. The lowest BCUT2D eigenvalue weighted by molar-refractivity contribution is -0.204. The monoisotopic (exact) mass is 433 g/mol. The van der Waals surface area contributed by atoms with Gasteiger partial charge in [-0.25, -0.2) is 20.3 Å². The Bertz CT molecular complexity index is 686. The van der Waals surface area contributed by atoms with Gasteiger partial charge in [-0.05, 0) is 31.6 Å². The number of likely N-dealkylation sites (tertiary alicyclic amines) is 1. The Balaban J connectivity index is 1.38. The van der Waals surface area contributed by atoms with E-state index in [9.17, 15) is 27.6 Å². The van der Waals surface area contributed by atoms with Crippen molar-refractivity contribution in [3.8, 4) is 6.07 Å². The van der Waals surface area contributed by atoms with Crippen molar-refractivity contribution in [3.63, 3.8) is 0 Å². The summed E-state index contributed by atoms with van der Waals surface area (Å²) < 4.78 is 53.9. The molecule has 3 aliphatic heterocycles. The van der Waals surface area contributed by atoms with Gasteiger partial charge in [-0.2, -0.15) is 24.0 Å². The summed E-state index contributed by atoms with van der Waals surface area (Å²) in [4.78, 5) is 14.0. The van der Waals surface area contributed by atoms with E-state index in [2.05, 4.69) is 32.8 Å². The molecule has 0 aromatic rings. The van der Waals surface area contributed by atoms with Crippen molar-refractivity contribution in [3.05, 3.63) is 0 Å². The fraction of sp³-hybridized carbons (Fsp3) is 0.889. The van der Waals surface area contributed by atoms with Crippen molar-refractivity contribution in [2.45, 2.75) is 56.2 Å². The molecule has 7 atom stereocenters. The average Bonchev–Trinajstić information content (AvgIpc) is 3.10. The highest BCUT2D eigenvalue weighted by molar-refractivity contribution is 5.82. The second-order valence-corrected chi connectivity index (χ2v) is 8.73. The van der Waals surface area contributed by atoms with E-state index in [0.29, 0.717) is 26.1 Å². The maximum atomic E-state index is 13.6. The van der Waals surface area contributed by atoms with Gasteiger partial charge in [0.15, 0.2) is 0 Å². The molecule has 7 unspecified atom stereocenters. The van der Waals surface area contributed by atoms with Gasteiger partial charge in [0, 0.05) is 38.3 Å². The summed E-state index contributed by atoms with van der Waals surface area (Å²) in [5.74, 6) is -3.38. The van der Waals surface area contributed by atoms with Gasteiger partial charge in [0.05, 0.1) is 18.0 Å². The summed E-state index contributed by atoms with van der Waals surface area (Å²) in [5.41, 5.74) is 11.5. The molecule has 1 saturated carbocycles. The van der Waals surface area contributed by atoms with Crippen molar-refractivity contribution in [1.82, 2.24) is 31.7 Å². The topological polar surface area (TPSA) is 95.5 Å². The van der Waals surface area contributed by atoms with E-state index < -0.39 is 36.5 Å². The van der Waals surface area contributed by atoms with Crippen LogP contribution in [0.4, 0.5) is 17.6 Å². The maximum absolute atomic E-state index is 13.6. The van der Waals surface area contributed by atoms with Crippen molar-refractivity contribution in [1.29, 1.82) is 5.26 Å². The predicted molar refractivity (Wildman–Crippen MR) is 97.6 cm³/mol. The van der Waals surface area contributed by atoms with Crippen molar-refractivity contribution in [2.75, 3.05) is 26.2 Å². The largest absolute Gasteiger partial charge is 0.392 e. The smallest absolute Gasteiger partial charge is 0.295 e.